The molecule has 4 rings (SSSR count). The molecule has 2 saturated heterocycles. The number of sulfonamides is 1. The summed E-state index contributed by atoms with van der Waals surface area (Å²) in [6.07, 6.45) is 1.36. The van der Waals surface area contributed by atoms with Crippen LogP contribution in [0.1, 0.15) is 23.2 Å². The Balaban J connectivity index is 1.44. The molecule has 0 radical (unpaired) electrons. The third kappa shape index (κ3) is 4.11. The number of benzene rings is 1. The lowest BCUT2D eigenvalue weighted by Crippen LogP contribution is -2.50. The van der Waals surface area contributed by atoms with E-state index in [1.807, 2.05) is 6.07 Å². The van der Waals surface area contributed by atoms with Gasteiger partial charge in [0, 0.05) is 50.4 Å². The highest BCUT2D eigenvalue weighted by atomic mass is 79.9. The Morgan fingerprint density at radius 2 is 1.79 bits per heavy atom. The Morgan fingerprint density at radius 1 is 1.03 bits per heavy atom. The van der Waals surface area contributed by atoms with E-state index in [1.165, 1.54) is 15.6 Å². The topological polar surface area (TPSA) is 78.0 Å². The van der Waals surface area contributed by atoms with Crippen LogP contribution >= 0.6 is 27.3 Å². The standard InChI is InChI=1S/C19H20BrN3O4S2/c20-16-6-7-18(28-16)29(26,27)22-11-9-21(10-12-22)19(25)14-3-1-4-15(13-14)23-8-2-5-17(23)24/h1,3-4,6-7,13H,2,5,8-12H2. The first kappa shape index (κ1) is 20.5. The second-order valence-electron chi connectivity index (χ2n) is 6.95. The van der Waals surface area contributed by atoms with Crippen molar-refractivity contribution in [2.75, 3.05) is 37.6 Å². The van der Waals surface area contributed by atoms with E-state index in [1.54, 1.807) is 40.1 Å². The predicted molar refractivity (Wildman–Crippen MR) is 115 cm³/mol. The highest BCUT2D eigenvalue weighted by molar-refractivity contribution is 9.11. The average Bonchev–Trinajstić information content (AvgIpc) is 3.36. The van der Waals surface area contributed by atoms with E-state index in [0.717, 1.165) is 15.9 Å². The number of hydrogen-bond acceptors (Lipinski definition) is 5. The van der Waals surface area contributed by atoms with Gasteiger partial charge in [0.15, 0.2) is 0 Å². The Hall–Kier alpha value is -1.75. The van der Waals surface area contributed by atoms with Crippen molar-refractivity contribution in [3.8, 4) is 0 Å². The molecule has 154 valence electrons. The summed E-state index contributed by atoms with van der Waals surface area (Å²) in [7, 11) is -3.54. The van der Waals surface area contributed by atoms with Crippen molar-refractivity contribution < 1.29 is 18.0 Å². The van der Waals surface area contributed by atoms with Gasteiger partial charge in [0.1, 0.15) is 4.21 Å². The second kappa shape index (κ2) is 8.17. The molecule has 1 aromatic carbocycles. The van der Waals surface area contributed by atoms with Crippen LogP contribution < -0.4 is 4.90 Å². The molecule has 0 atom stereocenters. The van der Waals surface area contributed by atoms with E-state index in [2.05, 4.69) is 15.9 Å². The van der Waals surface area contributed by atoms with Gasteiger partial charge in [0.2, 0.25) is 5.91 Å². The zero-order valence-corrected chi connectivity index (χ0v) is 18.8. The van der Waals surface area contributed by atoms with Crippen LogP contribution in [0.5, 0.6) is 0 Å². The Bertz CT molecular complexity index is 1050. The number of halogens is 1. The van der Waals surface area contributed by atoms with Gasteiger partial charge in [0.25, 0.3) is 15.9 Å². The minimum absolute atomic E-state index is 0.0774. The van der Waals surface area contributed by atoms with Gasteiger partial charge >= 0.3 is 0 Å². The van der Waals surface area contributed by atoms with Crippen LogP contribution in [0.3, 0.4) is 0 Å². The number of hydrogen-bond donors (Lipinski definition) is 0. The fraction of sp³-hybridized carbons (Fsp3) is 0.368. The third-order valence-corrected chi connectivity index (χ3v) is 9.14. The van der Waals surface area contributed by atoms with Crippen LogP contribution in [-0.2, 0) is 14.8 Å². The van der Waals surface area contributed by atoms with E-state index in [9.17, 15) is 18.0 Å². The normalized spacial score (nSPS) is 18.4. The van der Waals surface area contributed by atoms with Gasteiger partial charge < -0.3 is 9.80 Å². The highest BCUT2D eigenvalue weighted by Gasteiger charge is 2.31. The van der Waals surface area contributed by atoms with Crippen LogP contribution in [0.4, 0.5) is 5.69 Å². The SMILES string of the molecule is O=C(c1cccc(N2CCCC2=O)c1)N1CCN(S(=O)(=O)c2ccc(Br)s2)CC1. The minimum Gasteiger partial charge on any atom is -0.336 e. The number of anilines is 1. The van der Waals surface area contributed by atoms with Gasteiger partial charge in [-0.05, 0) is 52.7 Å². The maximum atomic E-state index is 12.9. The number of thiophene rings is 1. The zero-order valence-electron chi connectivity index (χ0n) is 15.6. The van der Waals surface area contributed by atoms with Crippen LogP contribution in [0, 0.1) is 0 Å². The molecule has 0 unspecified atom stereocenters. The molecule has 10 heteroatoms. The molecule has 0 saturated carbocycles. The molecule has 2 fully saturated rings. The summed E-state index contributed by atoms with van der Waals surface area (Å²) in [5, 5.41) is 0. The van der Waals surface area contributed by atoms with Crippen molar-refractivity contribution in [1.29, 1.82) is 0 Å². The lowest BCUT2D eigenvalue weighted by Gasteiger charge is -2.33. The van der Waals surface area contributed by atoms with Crippen molar-refractivity contribution in [2.24, 2.45) is 0 Å². The molecule has 2 aliphatic heterocycles. The predicted octanol–water partition coefficient (Wildman–Crippen LogP) is 2.78. The lowest BCUT2D eigenvalue weighted by atomic mass is 10.1. The molecule has 2 aromatic rings. The second-order valence-corrected chi connectivity index (χ2v) is 11.6. The summed E-state index contributed by atoms with van der Waals surface area (Å²) in [6, 6.07) is 10.4. The van der Waals surface area contributed by atoms with Crippen molar-refractivity contribution in [3.63, 3.8) is 0 Å². The lowest BCUT2D eigenvalue weighted by molar-refractivity contribution is -0.117. The van der Waals surface area contributed by atoms with Gasteiger partial charge in [0.05, 0.1) is 3.79 Å². The van der Waals surface area contributed by atoms with Gasteiger partial charge in [-0.3, -0.25) is 9.59 Å². The van der Waals surface area contributed by atoms with E-state index in [0.29, 0.717) is 35.8 Å². The first-order chi connectivity index (χ1) is 13.9. The van der Waals surface area contributed by atoms with Crippen LogP contribution in [0.2, 0.25) is 0 Å². The first-order valence-corrected chi connectivity index (χ1v) is 12.4. The fourth-order valence-electron chi connectivity index (χ4n) is 3.61. The van der Waals surface area contributed by atoms with Crippen molar-refractivity contribution in [3.05, 3.63) is 45.7 Å². The molecule has 2 amide bonds. The molecule has 0 aliphatic carbocycles. The Kier molecular flexibility index (Phi) is 5.78. The van der Waals surface area contributed by atoms with Gasteiger partial charge in [-0.1, -0.05) is 6.07 Å². The molecule has 0 N–H and O–H groups in total. The molecule has 3 heterocycles. The van der Waals surface area contributed by atoms with Crippen LogP contribution in [0.15, 0.2) is 44.4 Å². The van der Waals surface area contributed by atoms with Gasteiger partial charge in [-0.2, -0.15) is 4.31 Å². The average molecular weight is 498 g/mol. The van der Waals surface area contributed by atoms with Crippen molar-refractivity contribution in [1.82, 2.24) is 9.21 Å². The fourth-order valence-corrected chi connectivity index (χ4v) is 7.19. The maximum absolute atomic E-state index is 12.9. The Labute approximate surface area is 182 Å². The van der Waals surface area contributed by atoms with E-state index in [-0.39, 0.29) is 24.9 Å². The number of carbonyl (C=O) groups excluding carboxylic acids is 2. The molecule has 0 spiro atoms. The quantitative estimate of drug-likeness (QED) is 0.650. The first-order valence-electron chi connectivity index (χ1n) is 9.31. The number of piperazine rings is 1. The van der Waals surface area contributed by atoms with Gasteiger partial charge in [-0.15, -0.1) is 11.3 Å². The molecular formula is C19H20BrN3O4S2. The summed E-state index contributed by atoms with van der Waals surface area (Å²) < 4.78 is 28.0. The summed E-state index contributed by atoms with van der Waals surface area (Å²) in [5.74, 6) is -0.0666. The minimum atomic E-state index is -3.54. The van der Waals surface area contributed by atoms with Crippen LogP contribution in [0.25, 0.3) is 0 Å². The smallest absolute Gasteiger partial charge is 0.254 e. The summed E-state index contributed by atoms with van der Waals surface area (Å²) >= 11 is 4.48. The molecule has 0 bridgehead atoms. The van der Waals surface area contributed by atoms with Gasteiger partial charge in [-0.25, -0.2) is 8.42 Å². The molecule has 2 aliphatic rings. The van der Waals surface area contributed by atoms with Crippen LogP contribution in [-0.4, -0.2) is 62.2 Å². The summed E-state index contributed by atoms with van der Waals surface area (Å²) in [5.41, 5.74) is 1.25. The monoisotopic (exact) mass is 497 g/mol. The van der Waals surface area contributed by atoms with Crippen molar-refractivity contribution in [2.45, 2.75) is 17.1 Å². The number of carbonyl (C=O) groups is 2. The number of rotatable bonds is 4. The third-order valence-electron chi connectivity index (χ3n) is 5.15. The van der Waals surface area contributed by atoms with E-state index >= 15 is 0 Å². The highest BCUT2D eigenvalue weighted by Crippen LogP contribution is 2.29. The largest absolute Gasteiger partial charge is 0.336 e. The maximum Gasteiger partial charge on any atom is 0.254 e. The number of amides is 2. The molecule has 29 heavy (non-hydrogen) atoms. The molecule has 1 aromatic heterocycles. The van der Waals surface area contributed by atoms with Crippen molar-refractivity contribution >= 4 is 54.8 Å². The van der Waals surface area contributed by atoms with E-state index < -0.39 is 10.0 Å². The summed E-state index contributed by atoms with van der Waals surface area (Å²) in [4.78, 5) is 28.3. The molecular weight excluding hydrogens is 478 g/mol. The molecule has 7 nitrogen and oxygen atoms in total. The number of nitrogens with zero attached hydrogens (tertiary/aromatic N) is 3. The Morgan fingerprint density at radius 3 is 2.41 bits per heavy atom. The summed E-state index contributed by atoms with van der Waals surface area (Å²) in [6.45, 7) is 1.85. The van der Waals surface area contributed by atoms with E-state index in [4.69, 9.17) is 0 Å². The zero-order chi connectivity index (χ0) is 20.6.